The molecule has 2 heterocycles. The van der Waals surface area contributed by atoms with Crippen LogP contribution in [0, 0.1) is 0 Å². The van der Waals surface area contributed by atoms with E-state index in [1.807, 2.05) is 11.7 Å². The number of hydrogen-bond donors (Lipinski definition) is 0. The first-order valence-electron chi connectivity index (χ1n) is 6.07. The van der Waals surface area contributed by atoms with E-state index in [-0.39, 0.29) is 0 Å². The first kappa shape index (κ1) is 11.2. The molecular weight excluding hydrogens is 278 g/mol. The molecular formula is C13H16BrN3. The van der Waals surface area contributed by atoms with Crippen LogP contribution in [-0.4, -0.2) is 27.8 Å². The molecule has 1 aliphatic rings. The highest BCUT2D eigenvalue weighted by molar-refractivity contribution is 9.10. The van der Waals surface area contributed by atoms with Gasteiger partial charge in [0.05, 0.1) is 11.2 Å². The van der Waals surface area contributed by atoms with Crippen molar-refractivity contribution < 1.29 is 0 Å². The van der Waals surface area contributed by atoms with Gasteiger partial charge in [-0.3, -0.25) is 9.58 Å². The fourth-order valence-electron chi connectivity index (χ4n) is 2.57. The Morgan fingerprint density at radius 1 is 1.29 bits per heavy atom. The zero-order valence-corrected chi connectivity index (χ0v) is 11.6. The monoisotopic (exact) mass is 293 g/mol. The average Bonchev–Trinajstić information content (AvgIpc) is 2.89. The van der Waals surface area contributed by atoms with Crippen molar-refractivity contribution in [3.05, 3.63) is 28.4 Å². The van der Waals surface area contributed by atoms with Gasteiger partial charge in [-0.05, 0) is 44.1 Å². The summed E-state index contributed by atoms with van der Waals surface area (Å²) in [5.41, 5.74) is 2.41. The third-order valence-corrected chi connectivity index (χ3v) is 3.96. The second-order valence-electron chi connectivity index (χ2n) is 4.72. The minimum absolute atomic E-state index is 0.985. The lowest BCUT2D eigenvalue weighted by atomic mass is 10.2. The Kier molecular flexibility index (Phi) is 2.92. The number of fused-ring (bicyclic) bond motifs is 1. The van der Waals surface area contributed by atoms with E-state index >= 15 is 0 Å². The van der Waals surface area contributed by atoms with E-state index in [2.05, 4.69) is 44.1 Å². The predicted octanol–water partition coefficient (Wildman–Crippen LogP) is 2.93. The summed E-state index contributed by atoms with van der Waals surface area (Å²) in [5.74, 6) is 0. The Morgan fingerprint density at radius 2 is 2.06 bits per heavy atom. The minimum atomic E-state index is 0.985. The van der Waals surface area contributed by atoms with E-state index < -0.39 is 0 Å². The average molecular weight is 294 g/mol. The molecule has 1 saturated heterocycles. The summed E-state index contributed by atoms with van der Waals surface area (Å²) < 4.78 is 3.09. The molecule has 3 nitrogen and oxygen atoms in total. The van der Waals surface area contributed by atoms with Gasteiger partial charge >= 0.3 is 0 Å². The Balaban J connectivity index is 1.98. The Morgan fingerprint density at radius 3 is 2.82 bits per heavy atom. The van der Waals surface area contributed by atoms with Gasteiger partial charge in [-0.2, -0.15) is 5.10 Å². The second-order valence-corrected chi connectivity index (χ2v) is 5.63. The van der Waals surface area contributed by atoms with Crippen molar-refractivity contribution >= 4 is 26.8 Å². The van der Waals surface area contributed by atoms with Crippen LogP contribution in [0.3, 0.4) is 0 Å². The number of rotatable bonds is 2. The molecule has 1 aliphatic heterocycles. The number of benzene rings is 1. The highest BCUT2D eigenvalue weighted by atomic mass is 79.9. The molecule has 0 unspecified atom stereocenters. The lowest BCUT2D eigenvalue weighted by Crippen LogP contribution is -2.18. The van der Waals surface area contributed by atoms with Crippen LogP contribution in [0.25, 0.3) is 10.9 Å². The molecule has 0 atom stereocenters. The standard InChI is InChI=1S/C13H16BrN3/c1-16-13-8-10(14)4-5-11(13)12(15-16)9-17-6-2-3-7-17/h4-5,8H,2-3,6-7,9H2,1H3. The molecule has 3 rings (SSSR count). The molecule has 4 heteroatoms. The largest absolute Gasteiger partial charge is 0.297 e. The van der Waals surface area contributed by atoms with Crippen molar-refractivity contribution in [3.8, 4) is 0 Å². The van der Waals surface area contributed by atoms with Crippen LogP contribution < -0.4 is 0 Å². The van der Waals surface area contributed by atoms with Crippen LogP contribution in [0.5, 0.6) is 0 Å². The van der Waals surface area contributed by atoms with Gasteiger partial charge in [0, 0.05) is 23.5 Å². The van der Waals surface area contributed by atoms with Crippen LogP contribution in [0.4, 0.5) is 0 Å². The van der Waals surface area contributed by atoms with Crippen molar-refractivity contribution in [2.75, 3.05) is 13.1 Å². The van der Waals surface area contributed by atoms with Crippen LogP contribution in [0.1, 0.15) is 18.5 Å². The normalized spacial score (nSPS) is 17.1. The lowest BCUT2D eigenvalue weighted by molar-refractivity contribution is 0.327. The van der Waals surface area contributed by atoms with Gasteiger partial charge in [0.2, 0.25) is 0 Å². The summed E-state index contributed by atoms with van der Waals surface area (Å²) in [6.45, 7) is 3.42. The summed E-state index contributed by atoms with van der Waals surface area (Å²) in [5, 5.41) is 5.93. The van der Waals surface area contributed by atoms with Gasteiger partial charge in [0.25, 0.3) is 0 Å². The molecule has 0 radical (unpaired) electrons. The minimum Gasteiger partial charge on any atom is -0.297 e. The number of halogens is 1. The van der Waals surface area contributed by atoms with Gasteiger partial charge in [0.1, 0.15) is 0 Å². The van der Waals surface area contributed by atoms with Crippen molar-refractivity contribution in [2.45, 2.75) is 19.4 Å². The molecule has 90 valence electrons. The Bertz CT molecular complexity index is 541. The van der Waals surface area contributed by atoms with Crippen LogP contribution >= 0.6 is 15.9 Å². The zero-order chi connectivity index (χ0) is 11.8. The second kappa shape index (κ2) is 4.42. The Labute approximate surface area is 110 Å². The molecule has 1 aromatic carbocycles. The van der Waals surface area contributed by atoms with Gasteiger partial charge in [0.15, 0.2) is 0 Å². The van der Waals surface area contributed by atoms with Gasteiger partial charge in [-0.1, -0.05) is 15.9 Å². The molecule has 0 amide bonds. The highest BCUT2D eigenvalue weighted by Crippen LogP contribution is 2.24. The first-order valence-corrected chi connectivity index (χ1v) is 6.87. The van der Waals surface area contributed by atoms with Crippen molar-refractivity contribution in [1.82, 2.24) is 14.7 Å². The fourth-order valence-corrected chi connectivity index (χ4v) is 2.92. The molecule has 0 aliphatic carbocycles. The Hall–Kier alpha value is -0.870. The van der Waals surface area contributed by atoms with Gasteiger partial charge < -0.3 is 0 Å². The molecule has 17 heavy (non-hydrogen) atoms. The SMILES string of the molecule is Cn1nc(CN2CCCC2)c2ccc(Br)cc21. The van der Waals surface area contributed by atoms with E-state index in [0.29, 0.717) is 0 Å². The number of likely N-dealkylation sites (tertiary alicyclic amines) is 1. The van der Waals surface area contributed by atoms with E-state index in [4.69, 9.17) is 0 Å². The summed E-state index contributed by atoms with van der Waals surface area (Å²) in [7, 11) is 2.02. The summed E-state index contributed by atoms with van der Waals surface area (Å²) in [4.78, 5) is 2.49. The van der Waals surface area contributed by atoms with E-state index in [0.717, 1.165) is 11.0 Å². The maximum atomic E-state index is 4.65. The van der Waals surface area contributed by atoms with E-state index in [1.165, 1.54) is 42.5 Å². The third-order valence-electron chi connectivity index (χ3n) is 3.46. The summed E-state index contributed by atoms with van der Waals surface area (Å²) in [6.07, 6.45) is 2.66. The molecule has 1 aromatic heterocycles. The number of aromatic nitrogens is 2. The summed E-state index contributed by atoms with van der Waals surface area (Å²) >= 11 is 3.51. The molecule has 0 N–H and O–H groups in total. The smallest absolute Gasteiger partial charge is 0.0843 e. The van der Waals surface area contributed by atoms with Crippen molar-refractivity contribution in [3.63, 3.8) is 0 Å². The van der Waals surface area contributed by atoms with Crippen LogP contribution in [0.15, 0.2) is 22.7 Å². The quantitative estimate of drug-likeness (QED) is 0.849. The molecule has 2 aromatic rings. The fraction of sp³-hybridized carbons (Fsp3) is 0.462. The summed E-state index contributed by atoms with van der Waals surface area (Å²) in [6, 6.07) is 6.39. The highest BCUT2D eigenvalue weighted by Gasteiger charge is 2.16. The maximum absolute atomic E-state index is 4.65. The third kappa shape index (κ3) is 2.11. The van der Waals surface area contributed by atoms with Gasteiger partial charge in [-0.15, -0.1) is 0 Å². The number of hydrogen-bond acceptors (Lipinski definition) is 2. The predicted molar refractivity (Wildman–Crippen MR) is 72.9 cm³/mol. The number of aryl methyl sites for hydroxylation is 1. The first-order chi connectivity index (χ1) is 8.24. The molecule has 0 spiro atoms. The van der Waals surface area contributed by atoms with Crippen LogP contribution in [0.2, 0.25) is 0 Å². The number of nitrogens with zero attached hydrogens (tertiary/aromatic N) is 3. The van der Waals surface area contributed by atoms with Crippen LogP contribution in [-0.2, 0) is 13.6 Å². The topological polar surface area (TPSA) is 21.1 Å². The molecule has 0 bridgehead atoms. The van der Waals surface area contributed by atoms with E-state index in [9.17, 15) is 0 Å². The van der Waals surface area contributed by atoms with E-state index in [1.54, 1.807) is 0 Å². The lowest BCUT2D eigenvalue weighted by Gasteiger charge is -2.12. The maximum Gasteiger partial charge on any atom is 0.0843 e. The van der Waals surface area contributed by atoms with Gasteiger partial charge in [-0.25, -0.2) is 0 Å². The zero-order valence-electron chi connectivity index (χ0n) is 9.99. The molecule has 1 fully saturated rings. The molecule has 0 saturated carbocycles. The van der Waals surface area contributed by atoms with Crippen molar-refractivity contribution in [2.24, 2.45) is 7.05 Å². The van der Waals surface area contributed by atoms with Crippen molar-refractivity contribution in [1.29, 1.82) is 0 Å².